The largest absolute Gasteiger partial charge is 0.425 e. The van der Waals surface area contributed by atoms with Gasteiger partial charge in [0, 0.05) is 47.3 Å². The number of nitrogens with zero attached hydrogens (tertiary/aromatic N) is 6. The van der Waals surface area contributed by atoms with Crippen LogP contribution in [0.4, 0.5) is 24.5 Å². The number of carbonyl (C=O) groups excluding carboxylic acids is 1. The highest BCUT2D eigenvalue weighted by molar-refractivity contribution is 6.05. The second-order valence-electron chi connectivity index (χ2n) is 8.94. The van der Waals surface area contributed by atoms with Crippen LogP contribution in [-0.2, 0) is 6.18 Å². The van der Waals surface area contributed by atoms with Gasteiger partial charge in [-0.3, -0.25) is 9.78 Å². The summed E-state index contributed by atoms with van der Waals surface area (Å²) in [6, 6.07) is 13.0. The Morgan fingerprint density at radius 1 is 1.02 bits per heavy atom. The molecule has 2 N–H and O–H groups in total. The lowest BCUT2D eigenvalue weighted by atomic mass is 10.1. The number of aryl methyl sites for hydroxylation is 2. The SMILES string of the molecule is Cc1cn(-c2cc(NC(=O)c3ccc(C)c(N=c4nccc(-c5cccnc5)n4O)c3)cc(C(F)(F)F)c2)cn1. The van der Waals surface area contributed by atoms with Crippen molar-refractivity contribution in [1.82, 2.24) is 24.2 Å². The smallest absolute Gasteiger partial charge is 0.416 e. The van der Waals surface area contributed by atoms with Gasteiger partial charge in [0.05, 0.1) is 29.0 Å². The standard InChI is InChI=1S/C28H22F3N7O2/c1-17-5-6-19(10-24(17)36-27-33-9-7-25(38(27)40)20-4-3-8-32-14-20)26(39)35-22-11-21(28(29,30)31)12-23(13-22)37-15-18(2)34-16-37/h3-16,40H,1-2H3,(H,35,39). The third-order valence-corrected chi connectivity index (χ3v) is 6.00. The van der Waals surface area contributed by atoms with E-state index < -0.39 is 17.6 Å². The Balaban J connectivity index is 1.49. The zero-order valence-corrected chi connectivity index (χ0v) is 21.3. The Bertz CT molecular complexity index is 1780. The van der Waals surface area contributed by atoms with Gasteiger partial charge in [-0.1, -0.05) is 6.07 Å². The van der Waals surface area contributed by atoms with Crippen LogP contribution in [0.5, 0.6) is 0 Å². The molecule has 0 spiro atoms. The summed E-state index contributed by atoms with van der Waals surface area (Å²) in [7, 11) is 0. The van der Waals surface area contributed by atoms with Gasteiger partial charge in [0.15, 0.2) is 0 Å². The monoisotopic (exact) mass is 545 g/mol. The predicted octanol–water partition coefficient (Wildman–Crippen LogP) is 5.49. The van der Waals surface area contributed by atoms with Gasteiger partial charge in [0.2, 0.25) is 0 Å². The second-order valence-corrected chi connectivity index (χ2v) is 8.94. The van der Waals surface area contributed by atoms with E-state index in [1.807, 2.05) is 0 Å². The molecular weight excluding hydrogens is 523 g/mol. The number of pyridine rings is 1. The highest BCUT2D eigenvalue weighted by Gasteiger charge is 2.31. The Morgan fingerprint density at radius 2 is 1.85 bits per heavy atom. The molecule has 3 aromatic heterocycles. The highest BCUT2D eigenvalue weighted by atomic mass is 19.4. The summed E-state index contributed by atoms with van der Waals surface area (Å²) >= 11 is 0. The van der Waals surface area contributed by atoms with Crippen LogP contribution in [0, 0.1) is 13.8 Å². The lowest BCUT2D eigenvalue weighted by Gasteiger charge is -2.14. The maximum absolute atomic E-state index is 13.6. The van der Waals surface area contributed by atoms with Crippen molar-refractivity contribution >= 4 is 17.3 Å². The minimum absolute atomic E-state index is 0.0415. The van der Waals surface area contributed by atoms with E-state index in [0.29, 0.717) is 28.2 Å². The predicted molar refractivity (Wildman–Crippen MR) is 140 cm³/mol. The summed E-state index contributed by atoms with van der Waals surface area (Å²) in [5, 5.41) is 13.3. The van der Waals surface area contributed by atoms with Crippen LogP contribution < -0.4 is 10.9 Å². The van der Waals surface area contributed by atoms with Crippen molar-refractivity contribution in [2.75, 3.05) is 5.32 Å². The molecule has 5 rings (SSSR count). The lowest BCUT2D eigenvalue weighted by Crippen LogP contribution is -2.23. The van der Waals surface area contributed by atoms with E-state index in [-0.39, 0.29) is 22.6 Å². The number of imidazole rings is 1. The molecule has 0 fully saturated rings. The van der Waals surface area contributed by atoms with E-state index in [4.69, 9.17) is 0 Å². The molecule has 0 aliphatic carbocycles. The summed E-state index contributed by atoms with van der Waals surface area (Å²) < 4.78 is 43.1. The quantitative estimate of drug-likeness (QED) is 0.284. The van der Waals surface area contributed by atoms with Crippen molar-refractivity contribution in [1.29, 1.82) is 0 Å². The Kier molecular flexibility index (Phi) is 6.91. The van der Waals surface area contributed by atoms with Crippen molar-refractivity contribution in [3.8, 4) is 16.9 Å². The molecule has 0 aliphatic rings. The highest BCUT2D eigenvalue weighted by Crippen LogP contribution is 2.33. The molecule has 9 nitrogen and oxygen atoms in total. The molecule has 2 aromatic carbocycles. The second kappa shape index (κ2) is 10.5. The number of hydrogen-bond donors (Lipinski definition) is 2. The molecule has 202 valence electrons. The van der Waals surface area contributed by atoms with Crippen LogP contribution in [0.3, 0.4) is 0 Å². The lowest BCUT2D eigenvalue weighted by molar-refractivity contribution is -0.137. The van der Waals surface area contributed by atoms with E-state index in [1.54, 1.807) is 56.7 Å². The Hall–Kier alpha value is -5.26. The number of carbonyl (C=O) groups is 1. The third kappa shape index (κ3) is 5.60. The number of benzene rings is 2. The van der Waals surface area contributed by atoms with Crippen molar-refractivity contribution in [2.45, 2.75) is 20.0 Å². The number of alkyl halides is 3. The molecule has 40 heavy (non-hydrogen) atoms. The topological polar surface area (TPSA) is 110 Å². The first-order valence-corrected chi connectivity index (χ1v) is 12.0. The molecule has 3 heterocycles. The van der Waals surface area contributed by atoms with Crippen LogP contribution in [0.25, 0.3) is 16.9 Å². The zero-order chi connectivity index (χ0) is 28.4. The van der Waals surface area contributed by atoms with Gasteiger partial charge in [-0.15, -0.1) is 4.73 Å². The minimum Gasteiger partial charge on any atom is -0.425 e. The zero-order valence-electron chi connectivity index (χ0n) is 21.3. The maximum Gasteiger partial charge on any atom is 0.416 e. The summed E-state index contributed by atoms with van der Waals surface area (Å²) in [6.45, 7) is 3.48. The normalized spacial score (nSPS) is 12.0. The molecule has 12 heteroatoms. The molecule has 0 radical (unpaired) electrons. The molecule has 0 saturated carbocycles. The summed E-state index contributed by atoms with van der Waals surface area (Å²) in [4.78, 5) is 29.8. The number of amides is 1. The van der Waals surface area contributed by atoms with Gasteiger partial charge >= 0.3 is 6.18 Å². The van der Waals surface area contributed by atoms with Gasteiger partial charge in [0.25, 0.3) is 11.5 Å². The molecule has 0 atom stereocenters. The minimum atomic E-state index is -4.63. The van der Waals surface area contributed by atoms with Crippen molar-refractivity contribution in [3.05, 3.63) is 114 Å². The van der Waals surface area contributed by atoms with Gasteiger partial charge in [-0.05, 0) is 67.9 Å². The van der Waals surface area contributed by atoms with E-state index >= 15 is 0 Å². The fourth-order valence-corrected chi connectivity index (χ4v) is 3.96. The van der Waals surface area contributed by atoms with Gasteiger partial charge in [-0.25, -0.2) is 15.0 Å². The van der Waals surface area contributed by atoms with E-state index in [0.717, 1.165) is 16.9 Å². The number of anilines is 1. The van der Waals surface area contributed by atoms with E-state index in [2.05, 4.69) is 25.3 Å². The summed E-state index contributed by atoms with van der Waals surface area (Å²) in [5.74, 6) is -0.641. The first-order valence-electron chi connectivity index (χ1n) is 12.0. The first kappa shape index (κ1) is 26.4. The number of rotatable bonds is 5. The summed E-state index contributed by atoms with van der Waals surface area (Å²) in [5.41, 5.74) is 2.03. The molecule has 0 saturated heterocycles. The average molecular weight is 546 g/mol. The van der Waals surface area contributed by atoms with Gasteiger partial charge in [-0.2, -0.15) is 13.2 Å². The molecule has 5 aromatic rings. The van der Waals surface area contributed by atoms with E-state index in [1.165, 1.54) is 35.3 Å². The average Bonchev–Trinajstić information content (AvgIpc) is 3.37. The number of nitrogens with one attached hydrogen (secondary N) is 1. The van der Waals surface area contributed by atoms with Crippen LogP contribution in [-0.4, -0.2) is 35.4 Å². The number of hydrogen-bond acceptors (Lipinski definition) is 6. The molecular formula is C28H22F3N7O2. The van der Waals surface area contributed by atoms with Gasteiger partial charge in [0.1, 0.15) is 0 Å². The third-order valence-electron chi connectivity index (χ3n) is 6.00. The number of aromatic nitrogens is 5. The molecule has 0 aliphatic heterocycles. The molecule has 1 amide bonds. The van der Waals surface area contributed by atoms with Crippen LogP contribution in [0.2, 0.25) is 0 Å². The van der Waals surface area contributed by atoms with Gasteiger partial charge < -0.3 is 15.1 Å². The van der Waals surface area contributed by atoms with Crippen LogP contribution in [0.1, 0.15) is 27.2 Å². The van der Waals surface area contributed by atoms with Crippen LogP contribution >= 0.6 is 0 Å². The number of halogens is 3. The van der Waals surface area contributed by atoms with Crippen molar-refractivity contribution in [3.63, 3.8) is 0 Å². The summed E-state index contributed by atoms with van der Waals surface area (Å²) in [6.07, 6.45) is 3.02. The maximum atomic E-state index is 13.6. The van der Waals surface area contributed by atoms with E-state index in [9.17, 15) is 23.2 Å². The Morgan fingerprint density at radius 3 is 2.55 bits per heavy atom. The van der Waals surface area contributed by atoms with Crippen LogP contribution in [0.15, 0.2) is 90.7 Å². The first-order chi connectivity index (χ1) is 19.1. The molecule has 0 unspecified atom stereocenters. The van der Waals surface area contributed by atoms with Crippen molar-refractivity contribution < 1.29 is 23.2 Å². The van der Waals surface area contributed by atoms with Crippen molar-refractivity contribution in [2.24, 2.45) is 4.99 Å². The molecule has 0 bridgehead atoms. The Labute approximate surface area is 225 Å². The fraction of sp³-hybridized carbons (Fsp3) is 0.107. The fourth-order valence-electron chi connectivity index (χ4n) is 3.96.